The monoisotopic (exact) mass is 307 g/mol. The van der Waals surface area contributed by atoms with Crippen LogP contribution in [-0.2, 0) is 6.42 Å². The van der Waals surface area contributed by atoms with E-state index < -0.39 is 0 Å². The number of ether oxygens (including phenoxy) is 1. The molecule has 2 heterocycles. The normalized spacial score (nSPS) is 13.4. The molecule has 0 radical (unpaired) electrons. The van der Waals surface area contributed by atoms with Gasteiger partial charge in [-0.2, -0.15) is 0 Å². The van der Waals surface area contributed by atoms with Crippen LogP contribution in [0.2, 0.25) is 0 Å². The second-order valence-electron chi connectivity index (χ2n) is 5.56. The van der Waals surface area contributed by atoms with Crippen molar-refractivity contribution in [2.75, 3.05) is 19.0 Å². The van der Waals surface area contributed by atoms with Crippen molar-refractivity contribution in [3.05, 3.63) is 47.7 Å². The summed E-state index contributed by atoms with van der Waals surface area (Å²) in [5, 5.41) is 14.9. The number of aliphatic imine (C=N–C) groups is 1. The fourth-order valence-electron chi connectivity index (χ4n) is 2.96. The number of aromatic hydroxyl groups is 1. The van der Waals surface area contributed by atoms with E-state index in [1.165, 1.54) is 5.56 Å². The topological polar surface area (TPSA) is 69.6 Å². The smallest absolute Gasteiger partial charge is 0.165 e. The number of hydrogen-bond donors (Lipinski definition) is 3. The zero-order valence-corrected chi connectivity index (χ0v) is 12.8. The quantitative estimate of drug-likeness (QED) is 0.511. The second kappa shape index (κ2) is 5.35. The first-order valence-electron chi connectivity index (χ1n) is 7.54. The molecule has 5 heteroatoms. The van der Waals surface area contributed by atoms with Gasteiger partial charge in [0.1, 0.15) is 11.4 Å². The van der Waals surface area contributed by atoms with Crippen LogP contribution in [0.3, 0.4) is 0 Å². The average Bonchev–Trinajstić information content (AvgIpc) is 3.03. The number of hydrogen-bond acceptors (Lipinski definition) is 4. The maximum absolute atomic E-state index is 10.5. The first kappa shape index (κ1) is 13.7. The Balaban J connectivity index is 1.74. The molecular weight excluding hydrogens is 290 g/mol. The Morgan fingerprint density at radius 2 is 2.09 bits per heavy atom. The highest BCUT2D eigenvalue weighted by molar-refractivity contribution is 6.03. The van der Waals surface area contributed by atoms with Crippen molar-refractivity contribution >= 4 is 28.5 Å². The molecule has 4 rings (SSSR count). The highest BCUT2D eigenvalue weighted by atomic mass is 16.5. The minimum atomic E-state index is 0.184. The third-order valence-corrected chi connectivity index (χ3v) is 4.17. The van der Waals surface area contributed by atoms with Crippen molar-refractivity contribution in [1.82, 2.24) is 4.98 Å². The van der Waals surface area contributed by atoms with Gasteiger partial charge in [0, 0.05) is 30.0 Å². The number of rotatable bonds is 3. The number of aromatic amines is 1. The fourth-order valence-corrected chi connectivity index (χ4v) is 2.96. The highest BCUT2D eigenvalue weighted by Gasteiger charge is 2.18. The van der Waals surface area contributed by atoms with E-state index in [1.807, 2.05) is 36.5 Å². The molecule has 0 spiro atoms. The van der Waals surface area contributed by atoms with Crippen molar-refractivity contribution < 1.29 is 9.84 Å². The molecule has 3 N–H and O–H groups in total. The van der Waals surface area contributed by atoms with Gasteiger partial charge in [0.2, 0.25) is 0 Å². The van der Waals surface area contributed by atoms with Gasteiger partial charge >= 0.3 is 0 Å². The second-order valence-corrected chi connectivity index (χ2v) is 5.56. The van der Waals surface area contributed by atoms with Gasteiger partial charge in [-0.1, -0.05) is 0 Å². The number of benzene rings is 2. The third-order valence-electron chi connectivity index (χ3n) is 4.17. The molecular formula is C18H17N3O2. The molecule has 116 valence electrons. The molecule has 2 aromatic carbocycles. The van der Waals surface area contributed by atoms with Crippen LogP contribution in [0.4, 0.5) is 11.4 Å². The van der Waals surface area contributed by atoms with Crippen LogP contribution in [0.15, 0.2) is 41.5 Å². The van der Waals surface area contributed by atoms with Gasteiger partial charge < -0.3 is 20.1 Å². The molecule has 0 aliphatic carbocycles. The van der Waals surface area contributed by atoms with Gasteiger partial charge in [0.05, 0.1) is 12.6 Å². The molecule has 0 fully saturated rings. The van der Waals surface area contributed by atoms with E-state index in [2.05, 4.69) is 15.3 Å². The lowest BCUT2D eigenvalue weighted by atomic mass is 10.0. The van der Waals surface area contributed by atoms with Gasteiger partial charge in [-0.15, -0.1) is 0 Å². The molecule has 3 aromatic rings. The van der Waals surface area contributed by atoms with Gasteiger partial charge in [-0.25, -0.2) is 0 Å². The Morgan fingerprint density at radius 1 is 1.26 bits per heavy atom. The summed E-state index contributed by atoms with van der Waals surface area (Å²) in [5.74, 6) is 0.988. The summed E-state index contributed by atoms with van der Waals surface area (Å²) in [6.45, 7) is 0.895. The van der Waals surface area contributed by atoms with Crippen LogP contribution in [-0.4, -0.2) is 30.0 Å². The molecule has 1 aliphatic heterocycles. The summed E-state index contributed by atoms with van der Waals surface area (Å²) >= 11 is 0. The van der Waals surface area contributed by atoms with Crippen LogP contribution in [0.5, 0.6) is 11.5 Å². The number of nitrogens with one attached hydrogen (secondary N) is 2. The van der Waals surface area contributed by atoms with E-state index >= 15 is 0 Å². The number of methoxy groups -OCH3 is 1. The third kappa shape index (κ3) is 2.30. The number of nitrogens with zero attached hydrogens (tertiary/aromatic N) is 1. The molecule has 0 saturated carbocycles. The van der Waals surface area contributed by atoms with Crippen LogP contribution in [0.25, 0.3) is 10.9 Å². The Kier molecular flexibility index (Phi) is 3.19. The zero-order chi connectivity index (χ0) is 15.8. The van der Waals surface area contributed by atoms with E-state index in [0.29, 0.717) is 5.69 Å². The Labute approximate surface area is 133 Å². The number of aromatic nitrogens is 1. The van der Waals surface area contributed by atoms with Crippen molar-refractivity contribution in [1.29, 1.82) is 0 Å². The number of phenolic OH excluding ortho intramolecular Hbond substituents is 1. The lowest BCUT2D eigenvalue weighted by molar-refractivity contribution is 0.415. The van der Waals surface area contributed by atoms with Gasteiger partial charge in [-0.05, 0) is 47.9 Å². The van der Waals surface area contributed by atoms with Crippen LogP contribution >= 0.6 is 0 Å². The summed E-state index contributed by atoms with van der Waals surface area (Å²) < 4.78 is 5.14. The van der Waals surface area contributed by atoms with Gasteiger partial charge in [0.15, 0.2) is 5.75 Å². The maximum Gasteiger partial charge on any atom is 0.165 e. The van der Waals surface area contributed by atoms with E-state index in [4.69, 9.17) is 4.74 Å². The van der Waals surface area contributed by atoms with E-state index in [0.717, 1.165) is 40.9 Å². The maximum atomic E-state index is 10.5. The number of H-pyrrole nitrogens is 1. The summed E-state index contributed by atoms with van der Waals surface area (Å²) in [4.78, 5) is 7.61. The van der Waals surface area contributed by atoms with Crippen molar-refractivity contribution in [2.24, 2.45) is 4.99 Å². The zero-order valence-electron chi connectivity index (χ0n) is 12.8. The lowest BCUT2D eigenvalue weighted by Gasteiger charge is -2.16. The van der Waals surface area contributed by atoms with E-state index in [9.17, 15) is 5.11 Å². The minimum Gasteiger partial charge on any atom is -0.504 e. The number of phenols is 1. The van der Waals surface area contributed by atoms with Crippen LogP contribution < -0.4 is 10.1 Å². The van der Waals surface area contributed by atoms with Crippen molar-refractivity contribution in [2.45, 2.75) is 6.42 Å². The predicted molar refractivity (Wildman–Crippen MR) is 92.4 cm³/mol. The standard InChI is InChI=1S/C18H17N3O2/c1-23-13-4-2-11(3-5-13)9-20-15-8-14-16-12(6-7-19-14)10-21-17(16)18(15)22/h2-5,8-10,19,21-22H,6-7H2,1H3. The minimum absolute atomic E-state index is 0.184. The molecule has 1 aromatic heterocycles. The van der Waals surface area contributed by atoms with E-state index in [-0.39, 0.29) is 5.75 Å². The lowest BCUT2D eigenvalue weighted by Crippen LogP contribution is -2.09. The molecule has 0 unspecified atom stereocenters. The van der Waals surface area contributed by atoms with Crippen LogP contribution in [0.1, 0.15) is 11.1 Å². The molecule has 23 heavy (non-hydrogen) atoms. The Bertz CT molecular complexity index is 895. The Morgan fingerprint density at radius 3 is 2.87 bits per heavy atom. The molecule has 0 atom stereocenters. The summed E-state index contributed by atoms with van der Waals surface area (Å²) in [6, 6.07) is 9.51. The Hall–Kier alpha value is -2.95. The SMILES string of the molecule is COc1ccc(C=Nc2cc3c4c(c[nH]c4c2O)CCN3)cc1. The van der Waals surface area contributed by atoms with Crippen molar-refractivity contribution in [3.63, 3.8) is 0 Å². The largest absolute Gasteiger partial charge is 0.504 e. The van der Waals surface area contributed by atoms with E-state index in [1.54, 1.807) is 13.3 Å². The fraction of sp³-hybridized carbons (Fsp3) is 0.167. The first-order chi connectivity index (χ1) is 11.3. The average molecular weight is 307 g/mol. The summed E-state index contributed by atoms with van der Waals surface area (Å²) in [5.41, 5.74) is 4.48. The molecule has 1 aliphatic rings. The molecule has 5 nitrogen and oxygen atoms in total. The first-order valence-corrected chi connectivity index (χ1v) is 7.54. The molecule has 0 bridgehead atoms. The van der Waals surface area contributed by atoms with Gasteiger partial charge in [-0.3, -0.25) is 4.99 Å². The van der Waals surface area contributed by atoms with Crippen molar-refractivity contribution in [3.8, 4) is 11.5 Å². The number of anilines is 1. The summed E-state index contributed by atoms with van der Waals surface area (Å²) in [6.07, 6.45) is 4.66. The van der Waals surface area contributed by atoms with Crippen LogP contribution in [0, 0.1) is 0 Å². The highest BCUT2D eigenvalue weighted by Crippen LogP contribution is 2.42. The van der Waals surface area contributed by atoms with Gasteiger partial charge in [0.25, 0.3) is 0 Å². The summed E-state index contributed by atoms with van der Waals surface area (Å²) in [7, 11) is 1.64. The predicted octanol–water partition coefficient (Wildman–Crippen LogP) is 3.60. The molecule has 0 amide bonds. The molecule has 0 saturated heterocycles.